The van der Waals surface area contributed by atoms with Crippen molar-refractivity contribution in [2.75, 3.05) is 11.1 Å². The summed E-state index contributed by atoms with van der Waals surface area (Å²) in [6, 6.07) is 11.4. The maximum atomic E-state index is 12.5. The maximum absolute atomic E-state index is 12.5. The lowest BCUT2D eigenvalue weighted by Gasteiger charge is -2.09. The first-order valence-electron chi connectivity index (χ1n) is 6.58. The normalized spacial score (nSPS) is 11.7. The highest BCUT2D eigenvalue weighted by Crippen LogP contribution is 2.25. The zero-order valence-corrected chi connectivity index (χ0v) is 13.1. The van der Waals surface area contributed by atoms with Gasteiger partial charge in [0, 0.05) is 22.3 Å². The largest absolute Gasteiger partial charge is 0.397 e. The Kier molecular flexibility index (Phi) is 4.72. The molecule has 0 aromatic heterocycles. The zero-order valence-electron chi connectivity index (χ0n) is 12.3. The molecule has 0 radical (unpaired) electrons. The van der Waals surface area contributed by atoms with E-state index in [4.69, 9.17) is 5.73 Å². The Morgan fingerprint density at radius 3 is 2.14 bits per heavy atom. The lowest BCUT2D eigenvalue weighted by atomic mass is 10.2. The molecule has 114 valence electrons. The van der Waals surface area contributed by atoms with Crippen LogP contribution in [0.3, 0.4) is 0 Å². The SMILES string of the molecule is CC(=O)Nc1cc(S(=O)c2ccc(C(C)=O)cc2)ccc1N. The molecule has 22 heavy (non-hydrogen) atoms. The highest BCUT2D eigenvalue weighted by molar-refractivity contribution is 7.85. The second-order valence-corrected chi connectivity index (χ2v) is 6.26. The minimum Gasteiger partial charge on any atom is -0.397 e. The smallest absolute Gasteiger partial charge is 0.221 e. The molecular formula is C16H16N2O3S. The number of nitrogen functional groups attached to an aromatic ring is 1. The van der Waals surface area contributed by atoms with Crippen molar-refractivity contribution < 1.29 is 13.8 Å². The van der Waals surface area contributed by atoms with Gasteiger partial charge < -0.3 is 11.1 Å². The fourth-order valence-corrected chi connectivity index (χ4v) is 2.97. The van der Waals surface area contributed by atoms with Gasteiger partial charge in [0.1, 0.15) is 0 Å². The van der Waals surface area contributed by atoms with E-state index in [1.165, 1.54) is 13.8 Å². The number of carbonyl (C=O) groups is 2. The van der Waals surface area contributed by atoms with Gasteiger partial charge in [-0.15, -0.1) is 0 Å². The number of benzene rings is 2. The minimum atomic E-state index is -1.42. The number of amides is 1. The number of hydrogen-bond donors (Lipinski definition) is 2. The van der Waals surface area contributed by atoms with E-state index in [9.17, 15) is 13.8 Å². The number of nitrogens with two attached hydrogens (primary N) is 1. The average Bonchev–Trinajstić information content (AvgIpc) is 2.48. The molecule has 0 aliphatic rings. The van der Waals surface area contributed by atoms with Crippen molar-refractivity contribution in [2.24, 2.45) is 0 Å². The second kappa shape index (κ2) is 6.53. The lowest BCUT2D eigenvalue weighted by molar-refractivity contribution is -0.114. The molecule has 0 fully saturated rings. The third-order valence-electron chi connectivity index (χ3n) is 3.02. The van der Waals surface area contributed by atoms with E-state index in [1.807, 2.05) is 0 Å². The average molecular weight is 316 g/mol. The predicted octanol–water partition coefficient (Wildman–Crippen LogP) is 2.60. The molecule has 2 aromatic rings. The molecule has 1 amide bonds. The highest BCUT2D eigenvalue weighted by atomic mass is 32.2. The number of anilines is 2. The van der Waals surface area contributed by atoms with E-state index < -0.39 is 10.8 Å². The molecule has 6 heteroatoms. The van der Waals surface area contributed by atoms with Crippen LogP contribution in [0.5, 0.6) is 0 Å². The summed E-state index contributed by atoms with van der Waals surface area (Å²) in [5.41, 5.74) is 7.18. The summed E-state index contributed by atoms with van der Waals surface area (Å²) >= 11 is 0. The van der Waals surface area contributed by atoms with E-state index in [0.717, 1.165) is 0 Å². The molecule has 0 aliphatic carbocycles. The van der Waals surface area contributed by atoms with Gasteiger partial charge in [-0.2, -0.15) is 0 Å². The van der Waals surface area contributed by atoms with Gasteiger partial charge >= 0.3 is 0 Å². The minimum absolute atomic E-state index is 0.0437. The van der Waals surface area contributed by atoms with Crippen molar-refractivity contribution in [3.8, 4) is 0 Å². The first kappa shape index (κ1) is 15.9. The van der Waals surface area contributed by atoms with Crippen LogP contribution in [-0.2, 0) is 15.6 Å². The highest BCUT2D eigenvalue weighted by Gasteiger charge is 2.11. The van der Waals surface area contributed by atoms with Crippen molar-refractivity contribution in [1.82, 2.24) is 0 Å². The Balaban J connectivity index is 2.32. The summed E-state index contributed by atoms with van der Waals surface area (Å²) in [4.78, 5) is 23.5. The third-order valence-corrected chi connectivity index (χ3v) is 4.41. The Morgan fingerprint density at radius 2 is 1.59 bits per heavy atom. The summed E-state index contributed by atoms with van der Waals surface area (Å²) in [6.07, 6.45) is 0. The van der Waals surface area contributed by atoms with Crippen molar-refractivity contribution in [1.29, 1.82) is 0 Å². The standard InChI is InChI=1S/C16H16N2O3S/c1-10(19)12-3-5-13(6-4-12)22(21)14-7-8-15(17)16(9-14)18-11(2)20/h3-9H,17H2,1-2H3,(H,18,20). The van der Waals surface area contributed by atoms with Crippen LogP contribution in [0.15, 0.2) is 52.3 Å². The van der Waals surface area contributed by atoms with Crippen LogP contribution in [0.2, 0.25) is 0 Å². The molecule has 3 N–H and O–H groups in total. The number of Topliss-reactive ketones (excluding diaryl/α,β-unsaturated/α-hetero) is 1. The lowest BCUT2D eigenvalue weighted by Crippen LogP contribution is -2.08. The Bertz CT molecular complexity index is 754. The Labute approximate surface area is 131 Å². The van der Waals surface area contributed by atoms with Crippen LogP contribution in [0.4, 0.5) is 11.4 Å². The van der Waals surface area contributed by atoms with Crippen LogP contribution in [-0.4, -0.2) is 15.9 Å². The second-order valence-electron chi connectivity index (χ2n) is 4.78. The number of carbonyl (C=O) groups excluding carboxylic acids is 2. The summed E-state index contributed by atoms with van der Waals surface area (Å²) in [6.45, 7) is 2.86. The van der Waals surface area contributed by atoms with Gasteiger partial charge in [-0.3, -0.25) is 9.59 Å². The van der Waals surface area contributed by atoms with E-state index in [0.29, 0.717) is 26.7 Å². The number of nitrogens with one attached hydrogen (secondary N) is 1. The predicted molar refractivity (Wildman–Crippen MR) is 86.3 cm³/mol. The van der Waals surface area contributed by atoms with Gasteiger partial charge in [0.2, 0.25) is 5.91 Å². The first-order valence-corrected chi connectivity index (χ1v) is 7.73. The van der Waals surface area contributed by atoms with Gasteiger partial charge in [0.05, 0.1) is 22.2 Å². The molecule has 0 heterocycles. The summed E-state index contributed by atoms with van der Waals surface area (Å²) in [5, 5.41) is 2.60. The van der Waals surface area contributed by atoms with Crippen LogP contribution < -0.4 is 11.1 Å². The Hall–Kier alpha value is -2.47. The molecular weight excluding hydrogens is 300 g/mol. The summed E-state index contributed by atoms with van der Waals surface area (Å²) in [5.74, 6) is -0.293. The fourth-order valence-electron chi connectivity index (χ4n) is 1.90. The van der Waals surface area contributed by atoms with Crippen molar-refractivity contribution >= 4 is 33.9 Å². The number of rotatable bonds is 4. The maximum Gasteiger partial charge on any atom is 0.221 e. The van der Waals surface area contributed by atoms with Crippen LogP contribution in [0, 0.1) is 0 Å². The van der Waals surface area contributed by atoms with Crippen molar-refractivity contribution in [2.45, 2.75) is 23.6 Å². The number of ketones is 1. The molecule has 1 atom stereocenters. The van der Waals surface area contributed by atoms with Gasteiger partial charge in [0.15, 0.2) is 5.78 Å². The third kappa shape index (κ3) is 3.59. The van der Waals surface area contributed by atoms with Gasteiger partial charge in [-0.25, -0.2) is 4.21 Å². The summed E-state index contributed by atoms with van der Waals surface area (Å²) < 4.78 is 12.5. The molecule has 0 aliphatic heterocycles. The fraction of sp³-hybridized carbons (Fsp3) is 0.125. The Morgan fingerprint density at radius 1 is 1.00 bits per heavy atom. The molecule has 0 saturated carbocycles. The molecule has 2 rings (SSSR count). The molecule has 0 spiro atoms. The quantitative estimate of drug-likeness (QED) is 0.670. The van der Waals surface area contributed by atoms with Gasteiger partial charge in [-0.1, -0.05) is 12.1 Å². The van der Waals surface area contributed by atoms with E-state index >= 15 is 0 Å². The molecule has 0 bridgehead atoms. The van der Waals surface area contributed by atoms with Gasteiger partial charge in [0.25, 0.3) is 0 Å². The monoisotopic (exact) mass is 316 g/mol. The van der Waals surface area contributed by atoms with Crippen LogP contribution >= 0.6 is 0 Å². The topological polar surface area (TPSA) is 89.3 Å². The zero-order chi connectivity index (χ0) is 16.3. The molecule has 0 saturated heterocycles. The van der Waals surface area contributed by atoms with E-state index in [2.05, 4.69) is 5.32 Å². The van der Waals surface area contributed by atoms with Crippen LogP contribution in [0.1, 0.15) is 24.2 Å². The van der Waals surface area contributed by atoms with E-state index in [-0.39, 0.29) is 11.7 Å². The molecule has 5 nitrogen and oxygen atoms in total. The van der Waals surface area contributed by atoms with Crippen molar-refractivity contribution in [3.05, 3.63) is 48.0 Å². The van der Waals surface area contributed by atoms with Crippen LogP contribution in [0.25, 0.3) is 0 Å². The summed E-state index contributed by atoms with van der Waals surface area (Å²) in [7, 11) is -1.42. The van der Waals surface area contributed by atoms with E-state index in [1.54, 1.807) is 42.5 Å². The van der Waals surface area contributed by atoms with Gasteiger partial charge in [-0.05, 0) is 37.3 Å². The van der Waals surface area contributed by atoms with Crippen molar-refractivity contribution in [3.63, 3.8) is 0 Å². The first-order chi connectivity index (χ1) is 10.4. The molecule has 2 aromatic carbocycles. The molecule has 1 unspecified atom stereocenters. The number of hydrogen-bond acceptors (Lipinski definition) is 4.